The van der Waals surface area contributed by atoms with Gasteiger partial charge in [0.1, 0.15) is 5.75 Å². The van der Waals surface area contributed by atoms with E-state index in [9.17, 15) is 4.79 Å². The van der Waals surface area contributed by atoms with Crippen LogP contribution in [0.2, 0.25) is 5.02 Å². The first kappa shape index (κ1) is 16.4. The van der Waals surface area contributed by atoms with Crippen LogP contribution in [0.25, 0.3) is 0 Å². The highest BCUT2D eigenvalue weighted by Gasteiger charge is 2.08. The van der Waals surface area contributed by atoms with Gasteiger partial charge in [-0.15, -0.1) is 0 Å². The van der Waals surface area contributed by atoms with Gasteiger partial charge >= 0.3 is 0 Å². The van der Waals surface area contributed by atoms with Crippen LogP contribution in [0.1, 0.15) is 29.3 Å². The number of carbonyl (C=O) groups is 1. The molecule has 22 heavy (non-hydrogen) atoms. The lowest BCUT2D eigenvalue weighted by Gasteiger charge is -2.10. The molecule has 0 radical (unpaired) electrons. The number of para-hydroxylation sites is 1. The van der Waals surface area contributed by atoms with E-state index in [-0.39, 0.29) is 5.91 Å². The fourth-order valence-electron chi connectivity index (χ4n) is 2.23. The van der Waals surface area contributed by atoms with E-state index >= 15 is 0 Å². The van der Waals surface area contributed by atoms with Crippen LogP contribution in [-0.2, 0) is 6.42 Å². The van der Waals surface area contributed by atoms with Crippen molar-refractivity contribution in [3.8, 4) is 5.75 Å². The van der Waals surface area contributed by atoms with Gasteiger partial charge in [0.25, 0.3) is 5.91 Å². The van der Waals surface area contributed by atoms with Crippen molar-refractivity contribution in [1.29, 1.82) is 0 Å². The third-order valence-corrected chi connectivity index (χ3v) is 3.63. The van der Waals surface area contributed by atoms with Gasteiger partial charge in [0.2, 0.25) is 0 Å². The van der Waals surface area contributed by atoms with E-state index in [4.69, 9.17) is 16.3 Å². The lowest BCUT2D eigenvalue weighted by molar-refractivity contribution is 0.0953. The summed E-state index contributed by atoms with van der Waals surface area (Å²) in [6, 6.07) is 15.1. The van der Waals surface area contributed by atoms with Gasteiger partial charge in [0.05, 0.1) is 17.2 Å². The standard InChI is InChI=1S/C18H20ClNO2/c1-2-22-17-12-6-3-8-14(17)9-7-13-20-18(21)15-10-4-5-11-16(15)19/h3-6,8,10-12H,2,7,9,13H2,1H3,(H,20,21). The molecule has 0 aliphatic carbocycles. The fourth-order valence-corrected chi connectivity index (χ4v) is 2.45. The molecular weight excluding hydrogens is 298 g/mol. The Balaban J connectivity index is 1.83. The van der Waals surface area contributed by atoms with Gasteiger partial charge < -0.3 is 10.1 Å². The lowest BCUT2D eigenvalue weighted by Crippen LogP contribution is -2.25. The zero-order valence-electron chi connectivity index (χ0n) is 12.6. The third kappa shape index (κ3) is 4.50. The molecule has 0 fully saturated rings. The van der Waals surface area contributed by atoms with Crippen LogP contribution in [0, 0.1) is 0 Å². The molecule has 4 heteroatoms. The highest BCUT2D eigenvalue weighted by atomic mass is 35.5. The number of carbonyl (C=O) groups excluding carboxylic acids is 1. The molecule has 0 saturated heterocycles. The molecule has 0 aliphatic rings. The van der Waals surface area contributed by atoms with Gasteiger partial charge in [-0.3, -0.25) is 4.79 Å². The van der Waals surface area contributed by atoms with Gasteiger partial charge in [-0.1, -0.05) is 41.9 Å². The van der Waals surface area contributed by atoms with Gasteiger partial charge in [-0.2, -0.15) is 0 Å². The minimum absolute atomic E-state index is 0.135. The zero-order chi connectivity index (χ0) is 15.8. The summed E-state index contributed by atoms with van der Waals surface area (Å²) in [6.45, 7) is 3.23. The summed E-state index contributed by atoms with van der Waals surface area (Å²) in [5, 5.41) is 3.37. The quantitative estimate of drug-likeness (QED) is 0.781. The number of benzene rings is 2. The highest BCUT2D eigenvalue weighted by Crippen LogP contribution is 2.19. The lowest BCUT2D eigenvalue weighted by atomic mass is 10.1. The van der Waals surface area contributed by atoms with Crippen LogP contribution in [0.5, 0.6) is 5.75 Å². The van der Waals surface area contributed by atoms with E-state index < -0.39 is 0 Å². The Morgan fingerprint density at radius 1 is 1.14 bits per heavy atom. The van der Waals surface area contributed by atoms with Crippen molar-refractivity contribution in [3.05, 3.63) is 64.7 Å². The van der Waals surface area contributed by atoms with Crippen molar-refractivity contribution in [1.82, 2.24) is 5.32 Å². The molecule has 0 saturated carbocycles. The second-order valence-corrected chi connectivity index (χ2v) is 5.29. The average molecular weight is 318 g/mol. The van der Waals surface area contributed by atoms with Crippen LogP contribution < -0.4 is 10.1 Å². The number of rotatable bonds is 7. The number of nitrogens with one attached hydrogen (secondary N) is 1. The zero-order valence-corrected chi connectivity index (χ0v) is 13.4. The second-order valence-electron chi connectivity index (χ2n) is 4.88. The normalized spacial score (nSPS) is 10.3. The van der Waals surface area contributed by atoms with Crippen molar-refractivity contribution in [2.45, 2.75) is 19.8 Å². The van der Waals surface area contributed by atoms with Crippen molar-refractivity contribution < 1.29 is 9.53 Å². The van der Waals surface area contributed by atoms with Crippen LogP contribution in [0.3, 0.4) is 0 Å². The SMILES string of the molecule is CCOc1ccccc1CCCNC(=O)c1ccccc1Cl. The smallest absolute Gasteiger partial charge is 0.252 e. The predicted molar refractivity (Wildman–Crippen MR) is 89.7 cm³/mol. The van der Waals surface area contributed by atoms with Gasteiger partial charge in [-0.25, -0.2) is 0 Å². The summed E-state index contributed by atoms with van der Waals surface area (Å²) >= 11 is 6.01. The molecule has 0 aliphatic heterocycles. The van der Waals surface area contributed by atoms with Gasteiger partial charge in [0.15, 0.2) is 0 Å². The molecule has 0 atom stereocenters. The maximum Gasteiger partial charge on any atom is 0.252 e. The Kier molecular flexibility index (Phi) is 6.28. The topological polar surface area (TPSA) is 38.3 Å². The Morgan fingerprint density at radius 2 is 1.86 bits per heavy atom. The van der Waals surface area contributed by atoms with Crippen LogP contribution in [0.4, 0.5) is 0 Å². The molecule has 2 aromatic rings. The Morgan fingerprint density at radius 3 is 2.64 bits per heavy atom. The number of hydrogen-bond donors (Lipinski definition) is 1. The van der Waals surface area contributed by atoms with E-state index in [0.717, 1.165) is 24.2 Å². The van der Waals surface area contributed by atoms with Crippen LogP contribution in [-0.4, -0.2) is 19.1 Å². The molecule has 0 unspecified atom stereocenters. The van der Waals surface area contributed by atoms with Crippen LogP contribution >= 0.6 is 11.6 Å². The van der Waals surface area contributed by atoms with E-state index in [2.05, 4.69) is 11.4 Å². The summed E-state index contributed by atoms with van der Waals surface area (Å²) in [5.74, 6) is 0.783. The minimum atomic E-state index is -0.135. The van der Waals surface area contributed by atoms with Crippen LogP contribution in [0.15, 0.2) is 48.5 Å². The maximum absolute atomic E-state index is 12.0. The molecule has 2 rings (SSSR count). The molecule has 0 aromatic heterocycles. The van der Waals surface area contributed by atoms with Crippen molar-refractivity contribution in [3.63, 3.8) is 0 Å². The number of halogens is 1. The summed E-state index contributed by atoms with van der Waals surface area (Å²) in [5.41, 5.74) is 1.68. The molecule has 1 amide bonds. The summed E-state index contributed by atoms with van der Waals surface area (Å²) in [7, 11) is 0. The minimum Gasteiger partial charge on any atom is -0.494 e. The number of hydrogen-bond acceptors (Lipinski definition) is 2. The van der Waals surface area contributed by atoms with Crippen molar-refractivity contribution in [2.24, 2.45) is 0 Å². The Hall–Kier alpha value is -2.00. The van der Waals surface area contributed by atoms with Crippen molar-refractivity contribution >= 4 is 17.5 Å². The van der Waals surface area contributed by atoms with Gasteiger partial charge in [-0.05, 0) is 43.5 Å². The third-order valence-electron chi connectivity index (χ3n) is 3.30. The van der Waals surface area contributed by atoms with Crippen molar-refractivity contribution in [2.75, 3.05) is 13.2 Å². The van der Waals surface area contributed by atoms with E-state index in [1.165, 1.54) is 0 Å². The molecule has 0 bridgehead atoms. The van der Waals surface area contributed by atoms with E-state index in [0.29, 0.717) is 23.7 Å². The highest BCUT2D eigenvalue weighted by molar-refractivity contribution is 6.33. The molecule has 2 aromatic carbocycles. The maximum atomic E-state index is 12.0. The van der Waals surface area contributed by atoms with E-state index in [1.54, 1.807) is 18.2 Å². The Bertz CT molecular complexity index is 628. The largest absolute Gasteiger partial charge is 0.494 e. The Labute approximate surface area is 136 Å². The average Bonchev–Trinajstić information content (AvgIpc) is 2.53. The van der Waals surface area contributed by atoms with E-state index in [1.807, 2.05) is 31.2 Å². The monoisotopic (exact) mass is 317 g/mol. The molecule has 3 nitrogen and oxygen atoms in total. The number of amides is 1. The molecule has 0 heterocycles. The van der Waals surface area contributed by atoms with Gasteiger partial charge in [0, 0.05) is 6.54 Å². The first-order valence-electron chi connectivity index (χ1n) is 7.45. The first-order chi connectivity index (χ1) is 10.7. The second kappa shape index (κ2) is 8.44. The summed E-state index contributed by atoms with van der Waals surface area (Å²) in [4.78, 5) is 12.0. The molecule has 116 valence electrons. The number of ether oxygens (including phenoxy) is 1. The molecule has 1 N–H and O–H groups in total. The molecular formula is C18H20ClNO2. The predicted octanol–water partition coefficient (Wildman–Crippen LogP) is 4.10. The number of aryl methyl sites for hydroxylation is 1. The first-order valence-corrected chi connectivity index (χ1v) is 7.83. The summed E-state index contributed by atoms with van der Waals surface area (Å²) in [6.07, 6.45) is 1.71. The fraction of sp³-hybridized carbons (Fsp3) is 0.278. The molecule has 0 spiro atoms. The summed E-state index contributed by atoms with van der Waals surface area (Å²) < 4.78 is 5.60.